The van der Waals surface area contributed by atoms with Crippen LogP contribution in [0.15, 0.2) is 29.2 Å². The Balaban J connectivity index is 1.60. The quantitative estimate of drug-likeness (QED) is 0.776. The Morgan fingerprint density at radius 3 is 2.62 bits per heavy atom. The van der Waals surface area contributed by atoms with Crippen LogP contribution in [0.2, 0.25) is 0 Å². The Kier molecular flexibility index (Phi) is 6.34. The van der Waals surface area contributed by atoms with Gasteiger partial charge in [0.1, 0.15) is 0 Å². The van der Waals surface area contributed by atoms with Crippen LogP contribution in [0.1, 0.15) is 25.7 Å². The number of para-hydroxylation sites is 1. The normalized spacial score (nSPS) is 21.8. The third-order valence-electron chi connectivity index (χ3n) is 4.86. The summed E-state index contributed by atoms with van der Waals surface area (Å²) in [7, 11) is 0. The number of urea groups is 1. The first-order valence-corrected chi connectivity index (χ1v) is 9.99. The van der Waals surface area contributed by atoms with E-state index in [0.717, 1.165) is 25.9 Å². The van der Waals surface area contributed by atoms with Crippen molar-refractivity contribution in [2.75, 3.05) is 37.2 Å². The smallest absolute Gasteiger partial charge is 0.323 e. The molecule has 0 spiro atoms. The van der Waals surface area contributed by atoms with Crippen molar-refractivity contribution >= 4 is 23.5 Å². The Morgan fingerprint density at radius 1 is 1.15 bits per heavy atom. The molecule has 1 aromatic rings. The average Bonchev–Trinajstić information content (AvgIpc) is 3.15. The lowest BCUT2D eigenvalue weighted by atomic mass is 10.0. The maximum absolute atomic E-state index is 12.6. The summed E-state index contributed by atoms with van der Waals surface area (Å²) in [6, 6.07) is 6.82. The fourth-order valence-corrected chi connectivity index (χ4v) is 4.36. The summed E-state index contributed by atoms with van der Waals surface area (Å²) in [6.07, 6.45) is 0.247. The fraction of sp³-hybridized carbons (Fsp3) is 0.611. The van der Waals surface area contributed by atoms with Crippen LogP contribution < -0.4 is 5.32 Å². The van der Waals surface area contributed by atoms with Crippen LogP contribution in [0, 0.1) is 0 Å². The summed E-state index contributed by atoms with van der Waals surface area (Å²) in [4.78, 5) is 17.3. The zero-order chi connectivity index (χ0) is 18.6. The molecule has 2 fully saturated rings. The van der Waals surface area contributed by atoms with E-state index in [4.69, 9.17) is 0 Å². The van der Waals surface area contributed by atoms with Crippen molar-refractivity contribution in [1.29, 1.82) is 0 Å². The van der Waals surface area contributed by atoms with Gasteiger partial charge in [-0.05, 0) is 50.9 Å². The van der Waals surface area contributed by atoms with Gasteiger partial charge in [-0.25, -0.2) is 4.79 Å². The first-order valence-electron chi connectivity index (χ1n) is 9.01. The number of carbonyl (C=O) groups excluding carboxylic acids is 1. The molecule has 3 rings (SSSR count). The number of alkyl halides is 3. The van der Waals surface area contributed by atoms with Gasteiger partial charge in [-0.1, -0.05) is 12.1 Å². The number of thioether (sulfide) groups is 1. The summed E-state index contributed by atoms with van der Waals surface area (Å²) >= 11 is 0.697. The molecule has 1 atom stereocenters. The molecular weight excluding hydrogens is 363 g/mol. The summed E-state index contributed by atoms with van der Waals surface area (Å²) in [5.74, 6) is -0.972. The number of nitrogens with zero attached hydrogens (tertiary/aromatic N) is 2. The van der Waals surface area contributed by atoms with Crippen molar-refractivity contribution in [2.24, 2.45) is 0 Å². The number of rotatable bonds is 4. The topological polar surface area (TPSA) is 35.6 Å². The zero-order valence-electron chi connectivity index (χ0n) is 14.6. The second kappa shape index (κ2) is 8.52. The van der Waals surface area contributed by atoms with Crippen molar-refractivity contribution in [3.8, 4) is 0 Å². The second-order valence-electron chi connectivity index (χ2n) is 6.82. The van der Waals surface area contributed by atoms with Crippen molar-refractivity contribution in [2.45, 2.75) is 42.8 Å². The molecule has 2 saturated heterocycles. The number of halogens is 3. The van der Waals surface area contributed by atoms with Gasteiger partial charge in [-0.3, -0.25) is 4.90 Å². The highest BCUT2D eigenvalue weighted by Crippen LogP contribution is 2.32. The number of piperidine rings is 1. The van der Waals surface area contributed by atoms with E-state index in [9.17, 15) is 18.0 Å². The van der Waals surface area contributed by atoms with E-state index in [1.807, 2.05) is 0 Å². The maximum atomic E-state index is 12.6. The highest BCUT2D eigenvalue weighted by molar-refractivity contribution is 7.99. The monoisotopic (exact) mass is 387 g/mol. The summed E-state index contributed by atoms with van der Waals surface area (Å²) in [6.45, 7) is 3.56. The standard InChI is InChI=1S/C18H24F3N3OS/c19-18(20,21)13-26-16-8-2-1-7-15(16)22-17(25)24-11-5-6-14(12-24)23-9-3-4-10-23/h1-2,7-8,14H,3-6,9-13H2,(H,22,25). The number of benzene rings is 1. The van der Waals surface area contributed by atoms with Gasteiger partial charge < -0.3 is 10.2 Å². The lowest BCUT2D eigenvalue weighted by Gasteiger charge is -2.37. The third-order valence-corrected chi connectivity index (χ3v) is 6.00. The molecule has 0 saturated carbocycles. The van der Waals surface area contributed by atoms with Gasteiger partial charge in [0.15, 0.2) is 0 Å². The van der Waals surface area contributed by atoms with Crippen LogP contribution in [-0.2, 0) is 0 Å². The zero-order valence-corrected chi connectivity index (χ0v) is 15.4. The molecule has 2 heterocycles. The Hall–Kier alpha value is -1.41. The first-order chi connectivity index (χ1) is 12.4. The molecule has 2 aliphatic rings. The molecule has 2 aliphatic heterocycles. The lowest BCUT2D eigenvalue weighted by molar-refractivity contribution is -0.105. The van der Waals surface area contributed by atoms with E-state index in [0.29, 0.717) is 41.5 Å². The third kappa shape index (κ3) is 5.30. The van der Waals surface area contributed by atoms with E-state index in [-0.39, 0.29) is 6.03 Å². The summed E-state index contributed by atoms with van der Waals surface area (Å²) in [5.41, 5.74) is 0.440. The molecule has 2 amide bonds. The molecule has 26 heavy (non-hydrogen) atoms. The Bertz CT molecular complexity index is 620. The molecule has 0 radical (unpaired) electrons. The van der Waals surface area contributed by atoms with E-state index in [1.165, 1.54) is 12.8 Å². The van der Waals surface area contributed by atoms with Gasteiger partial charge in [0.25, 0.3) is 0 Å². The van der Waals surface area contributed by atoms with Crippen LogP contribution >= 0.6 is 11.8 Å². The van der Waals surface area contributed by atoms with Crippen LogP contribution in [0.3, 0.4) is 0 Å². The minimum atomic E-state index is -4.24. The second-order valence-corrected chi connectivity index (χ2v) is 7.83. The number of likely N-dealkylation sites (tertiary alicyclic amines) is 2. The fourth-order valence-electron chi connectivity index (χ4n) is 3.59. The molecule has 1 N–H and O–H groups in total. The number of anilines is 1. The first kappa shape index (κ1) is 19.4. The van der Waals surface area contributed by atoms with Crippen LogP contribution in [0.5, 0.6) is 0 Å². The van der Waals surface area contributed by atoms with E-state index in [2.05, 4.69) is 10.2 Å². The van der Waals surface area contributed by atoms with Gasteiger partial charge in [0.05, 0.1) is 11.4 Å². The van der Waals surface area contributed by atoms with Gasteiger partial charge in [-0.15, -0.1) is 11.8 Å². The lowest BCUT2D eigenvalue weighted by Crippen LogP contribution is -2.50. The number of hydrogen-bond donors (Lipinski definition) is 1. The van der Waals surface area contributed by atoms with Gasteiger partial charge in [-0.2, -0.15) is 13.2 Å². The molecule has 0 aliphatic carbocycles. The molecule has 1 unspecified atom stereocenters. The molecular formula is C18H24F3N3OS. The predicted molar refractivity (Wildman–Crippen MR) is 97.6 cm³/mol. The molecule has 0 bridgehead atoms. The Labute approximate surface area is 156 Å². The maximum Gasteiger partial charge on any atom is 0.398 e. The van der Waals surface area contributed by atoms with Gasteiger partial charge >= 0.3 is 12.2 Å². The minimum Gasteiger partial charge on any atom is -0.323 e. The van der Waals surface area contributed by atoms with Gasteiger partial charge in [0, 0.05) is 24.0 Å². The van der Waals surface area contributed by atoms with Crippen LogP contribution in [0.25, 0.3) is 0 Å². The molecule has 4 nitrogen and oxygen atoms in total. The molecule has 144 valence electrons. The van der Waals surface area contributed by atoms with E-state index in [1.54, 1.807) is 29.2 Å². The number of amides is 2. The molecule has 8 heteroatoms. The van der Waals surface area contributed by atoms with E-state index < -0.39 is 11.9 Å². The predicted octanol–water partition coefficient (Wildman–Crippen LogP) is 4.43. The molecule has 0 aromatic heterocycles. The summed E-state index contributed by atoms with van der Waals surface area (Å²) in [5, 5.41) is 2.81. The van der Waals surface area contributed by atoms with Crippen molar-refractivity contribution < 1.29 is 18.0 Å². The highest BCUT2D eigenvalue weighted by atomic mass is 32.2. The van der Waals surface area contributed by atoms with Gasteiger partial charge in [0.2, 0.25) is 0 Å². The average molecular weight is 387 g/mol. The largest absolute Gasteiger partial charge is 0.398 e. The molecule has 1 aromatic carbocycles. The summed E-state index contributed by atoms with van der Waals surface area (Å²) < 4.78 is 37.5. The Morgan fingerprint density at radius 2 is 1.88 bits per heavy atom. The minimum absolute atomic E-state index is 0.228. The number of carbonyl (C=O) groups is 1. The number of hydrogen-bond acceptors (Lipinski definition) is 3. The van der Waals surface area contributed by atoms with E-state index >= 15 is 0 Å². The van der Waals surface area contributed by atoms with Crippen molar-refractivity contribution in [3.63, 3.8) is 0 Å². The van der Waals surface area contributed by atoms with Crippen LogP contribution in [-0.4, -0.2) is 60.0 Å². The van der Waals surface area contributed by atoms with Crippen molar-refractivity contribution in [3.05, 3.63) is 24.3 Å². The van der Waals surface area contributed by atoms with Crippen LogP contribution in [0.4, 0.5) is 23.7 Å². The number of nitrogens with one attached hydrogen (secondary N) is 1. The SMILES string of the molecule is O=C(Nc1ccccc1SCC(F)(F)F)N1CCCC(N2CCCC2)C1. The van der Waals surface area contributed by atoms with Crippen molar-refractivity contribution in [1.82, 2.24) is 9.80 Å². The highest BCUT2D eigenvalue weighted by Gasteiger charge is 2.30.